The van der Waals surface area contributed by atoms with Crippen LogP contribution in [0.15, 0.2) is 59.6 Å². The molecule has 0 spiro atoms. The topological polar surface area (TPSA) is 74.8 Å². The van der Waals surface area contributed by atoms with E-state index in [0.717, 1.165) is 30.9 Å². The number of anilines is 1. The number of benzene rings is 2. The van der Waals surface area contributed by atoms with Crippen LogP contribution in [0.3, 0.4) is 0 Å². The van der Waals surface area contributed by atoms with Crippen molar-refractivity contribution in [1.82, 2.24) is 10.6 Å². The number of carbonyl (C=O) groups excluding carboxylic acids is 1. The zero-order valence-corrected chi connectivity index (χ0v) is 18.0. The van der Waals surface area contributed by atoms with Gasteiger partial charge in [0.05, 0.1) is 7.11 Å². The van der Waals surface area contributed by atoms with Gasteiger partial charge in [0.15, 0.2) is 5.96 Å². The highest BCUT2D eigenvalue weighted by Gasteiger charge is 2.02. The third-order valence-corrected chi connectivity index (χ3v) is 3.85. The van der Waals surface area contributed by atoms with Crippen molar-refractivity contribution in [3.63, 3.8) is 0 Å². The molecule has 0 aliphatic heterocycles. The number of carbonyl (C=O) groups is 1. The lowest BCUT2D eigenvalue weighted by Gasteiger charge is -2.12. The van der Waals surface area contributed by atoms with E-state index in [1.165, 1.54) is 12.7 Å². The van der Waals surface area contributed by atoms with E-state index in [9.17, 15) is 4.79 Å². The van der Waals surface area contributed by atoms with Crippen molar-refractivity contribution in [1.29, 1.82) is 0 Å². The zero-order chi connectivity index (χ0) is 18.6. The minimum Gasteiger partial charge on any atom is -0.453 e. The molecule has 1 amide bonds. The predicted octanol–water partition coefficient (Wildman–Crippen LogP) is 3.78. The third kappa shape index (κ3) is 8.76. The Hall–Kier alpha value is -2.29. The molecule has 0 unspecified atom stereocenters. The Kier molecular flexibility index (Phi) is 10.9. The van der Waals surface area contributed by atoms with Crippen LogP contribution >= 0.6 is 24.0 Å². The van der Waals surface area contributed by atoms with E-state index in [1.807, 2.05) is 30.3 Å². The molecule has 0 heterocycles. The van der Waals surface area contributed by atoms with Crippen molar-refractivity contribution in [3.8, 4) is 0 Å². The molecule has 2 aromatic rings. The molecule has 6 nitrogen and oxygen atoms in total. The molecule has 2 rings (SSSR count). The lowest BCUT2D eigenvalue weighted by atomic mass is 10.1. The molecule has 0 atom stereocenters. The maximum Gasteiger partial charge on any atom is 0.411 e. The molecule has 0 aromatic heterocycles. The highest BCUT2D eigenvalue weighted by atomic mass is 127. The summed E-state index contributed by atoms with van der Waals surface area (Å²) in [6.07, 6.45) is 1.61. The minimum absolute atomic E-state index is 0. The molecule has 0 aliphatic carbocycles. The predicted molar refractivity (Wildman–Crippen MR) is 121 cm³/mol. The first-order valence-electron chi connectivity index (χ1n) is 8.63. The summed E-state index contributed by atoms with van der Waals surface area (Å²) >= 11 is 0. The number of halogens is 1. The Morgan fingerprint density at radius 1 is 1.00 bits per heavy atom. The summed E-state index contributed by atoms with van der Waals surface area (Å²) in [6.45, 7) is 1.51. The number of aryl methyl sites for hydroxylation is 1. The number of hydrogen-bond acceptors (Lipinski definition) is 3. The molecule has 0 saturated heterocycles. The Labute approximate surface area is 177 Å². The van der Waals surface area contributed by atoms with Crippen LogP contribution in [0.25, 0.3) is 0 Å². The number of amides is 1. The van der Waals surface area contributed by atoms with Gasteiger partial charge in [0.25, 0.3) is 0 Å². The number of rotatable bonds is 7. The minimum atomic E-state index is -0.476. The number of nitrogens with zero attached hydrogens (tertiary/aromatic N) is 1. The van der Waals surface area contributed by atoms with Crippen LogP contribution in [0, 0.1) is 0 Å². The van der Waals surface area contributed by atoms with Crippen molar-refractivity contribution >= 4 is 41.7 Å². The number of nitrogens with one attached hydrogen (secondary N) is 3. The maximum absolute atomic E-state index is 11.2. The Morgan fingerprint density at radius 3 is 2.33 bits per heavy atom. The summed E-state index contributed by atoms with van der Waals surface area (Å²) in [4.78, 5) is 15.4. The molecule has 0 fully saturated rings. The second-order valence-electron chi connectivity index (χ2n) is 5.76. The summed E-state index contributed by atoms with van der Waals surface area (Å²) < 4.78 is 4.57. The second kappa shape index (κ2) is 13.0. The van der Waals surface area contributed by atoms with E-state index < -0.39 is 6.09 Å². The van der Waals surface area contributed by atoms with Gasteiger partial charge in [-0.3, -0.25) is 10.3 Å². The quantitative estimate of drug-likeness (QED) is 0.243. The standard InChI is InChI=1S/C20H26N4O2.HI/c1-21-19(22-14-6-9-16-7-4-3-5-8-16)23-15-17-10-12-18(13-11-17)24-20(25)26-2;/h3-5,7-8,10-13H,6,9,14-15H2,1-2H3,(H,24,25)(H2,21,22,23);1H. The SMILES string of the molecule is CN=C(NCCCc1ccccc1)NCc1ccc(NC(=O)OC)cc1.I. The highest BCUT2D eigenvalue weighted by Crippen LogP contribution is 2.09. The fourth-order valence-corrected chi connectivity index (χ4v) is 2.43. The second-order valence-corrected chi connectivity index (χ2v) is 5.76. The number of methoxy groups -OCH3 is 1. The van der Waals surface area contributed by atoms with Crippen LogP contribution in [0.4, 0.5) is 10.5 Å². The zero-order valence-electron chi connectivity index (χ0n) is 15.7. The largest absolute Gasteiger partial charge is 0.453 e. The van der Waals surface area contributed by atoms with Crippen molar-refractivity contribution in [2.45, 2.75) is 19.4 Å². The van der Waals surface area contributed by atoms with E-state index in [4.69, 9.17) is 0 Å². The number of ether oxygens (including phenoxy) is 1. The molecule has 7 heteroatoms. The van der Waals surface area contributed by atoms with Crippen molar-refractivity contribution in [2.75, 3.05) is 26.0 Å². The van der Waals surface area contributed by atoms with Crippen molar-refractivity contribution < 1.29 is 9.53 Å². The molecule has 0 radical (unpaired) electrons. The summed E-state index contributed by atoms with van der Waals surface area (Å²) in [6, 6.07) is 18.0. The summed E-state index contributed by atoms with van der Waals surface area (Å²) in [5.74, 6) is 0.773. The van der Waals surface area contributed by atoms with Gasteiger partial charge in [-0.1, -0.05) is 42.5 Å². The molecular weight excluding hydrogens is 455 g/mol. The van der Waals surface area contributed by atoms with Crippen molar-refractivity contribution in [3.05, 3.63) is 65.7 Å². The summed E-state index contributed by atoms with van der Waals surface area (Å²) in [5, 5.41) is 9.23. The van der Waals surface area contributed by atoms with Crippen LogP contribution in [0.1, 0.15) is 17.5 Å². The monoisotopic (exact) mass is 482 g/mol. The van der Waals surface area contributed by atoms with Gasteiger partial charge in [0.2, 0.25) is 0 Å². The average molecular weight is 482 g/mol. The first-order valence-corrected chi connectivity index (χ1v) is 8.63. The molecule has 0 saturated carbocycles. The van der Waals surface area contributed by atoms with Crippen LogP contribution in [0.5, 0.6) is 0 Å². The lowest BCUT2D eigenvalue weighted by molar-refractivity contribution is 0.187. The Balaban J connectivity index is 0.00000364. The van der Waals surface area contributed by atoms with Gasteiger partial charge in [0, 0.05) is 25.8 Å². The van der Waals surface area contributed by atoms with Gasteiger partial charge >= 0.3 is 6.09 Å². The number of hydrogen-bond donors (Lipinski definition) is 3. The van der Waals surface area contributed by atoms with Gasteiger partial charge in [-0.25, -0.2) is 4.79 Å². The van der Waals surface area contributed by atoms with Crippen LogP contribution in [-0.4, -0.2) is 32.8 Å². The fraction of sp³-hybridized carbons (Fsp3) is 0.300. The van der Waals surface area contributed by atoms with E-state index in [0.29, 0.717) is 12.2 Å². The smallest absolute Gasteiger partial charge is 0.411 e. The first kappa shape index (κ1) is 22.8. The first-order chi connectivity index (χ1) is 12.7. The van der Waals surface area contributed by atoms with E-state index in [2.05, 4.69) is 49.9 Å². The maximum atomic E-state index is 11.2. The van der Waals surface area contributed by atoms with E-state index in [1.54, 1.807) is 7.05 Å². The Bertz CT molecular complexity index is 706. The van der Waals surface area contributed by atoms with Gasteiger partial charge < -0.3 is 15.4 Å². The number of guanidine groups is 1. The van der Waals surface area contributed by atoms with Crippen LogP contribution in [0.2, 0.25) is 0 Å². The summed E-state index contributed by atoms with van der Waals surface area (Å²) in [7, 11) is 3.10. The fourth-order valence-electron chi connectivity index (χ4n) is 2.43. The van der Waals surface area contributed by atoms with Crippen LogP contribution in [-0.2, 0) is 17.7 Å². The molecule has 0 bridgehead atoms. The van der Waals surface area contributed by atoms with E-state index >= 15 is 0 Å². The number of aliphatic imine (C=N–C) groups is 1. The molecule has 3 N–H and O–H groups in total. The highest BCUT2D eigenvalue weighted by molar-refractivity contribution is 14.0. The Morgan fingerprint density at radius 2 is 1.70 bits per heavy atom. The lowest BCUT2D eigenvalue weighted by Crippen LogP contribution is -2.37. The average Bonchev–Trinajstić information content (AvgIpc) is 2.69. The van der Waals surface area contributed by atoms with Gasteiger partial charge in [-0.2, -0.15) is 0 Å². The van der Waals surface area contributed by atoms with Gasteiger partial charge in [0.1, 0.15) is 0 Å². The van der Waals surface area contributed by atoms with Crippen molar-refractivity contribution in [2.24, 2.45) is 4.99 Å². The van der Waals surface area contributed by atoms with Crippen LogP contribution < -0.4 is 16.0 Å². The summed E-state index contributed by atoms with van der Waals surface area (Å²) in [5.41, 5.74) is 3.13. The molecule has 0 aliphatic rings. The normalized spacial score (nSPS) is 10.5. The molecule has 146 valence electrons. The van der Waals surface area contributed by atoms with E-state index in [-0.39, 0.29) is 24.0 Å². The molecular formula is C20H27IN4O2. The van der Waals surface area contributed by atoms with Gasteiger partial charge in [-0.05, 0) is 36.1 Å². The van der Waals surface area contributed by atoms with Gasteiger partial charge in [-0.15, -0.1) is 24.0 Å². The molecule has 2 aromatic carbocycles. The third-order valence-electron chi connectivity index (χ3n) is 3.85. The molecule has 27 heavy (non-hydrogen) atoms.